The van der Waals surface area contributed by atoms with E-state index in [9.17, 15) is 4.79 Å². The van der Waals surface area contributed by atoms with Crippen LogP contribution < -0.4 is 0 Å². The molecule has 0 saturated carbocycles. The maximum Gasteiger partial charge on any atom is 0.331 e. The third-order valence-corrected chi connectivity index (χ3v) is 1.79. The minimum Gasteiger partial charge on any atom is -0.457 e. The molecule has 1 rings (SSSR count). The van der Waals surface area contributed by atoms with Gasteiger partial charge in [0.2, 0.25) is 0 Å². The lowest BCUT2D eigenvalue weighted by Gasteiger charge is -2.06. The van der Waals surface area contributed by atoms with E-state index in [1.54, 1.807) is 13.0 Å². The van der Waals surface area contributed by atoms with Crippen LogP contribution in [0.2, 0.25) is 0 Å². The van der Waals surface area contributed by atoms with Crippen LogP contribution in [0.3, 0.4) is 0 Å². The van der Waals surface area contributed by atoms with E-state index >= 15 is 0 Å². The molecule has 0 aliphatic heterocycles. The number of hydrogen-bond acceptors (Lipinski definition) is 3. The maximum absolute atomic E-state index is 11.2. The average molecular weight is 206 g/mol. The Labute approximate surface area is 89.0 Å². The van der Waals surface area contributed by atoms with E-state index in [4.69, 9.17) is 9.84 Å². The standard InChI is InChI=1S/C12H14O3/c1-10(9-13)15-12(14)8-7-11-5-3-2-4-6-11/h2-8,10,13H,9H2,1H3/b8-7+. The molecule has 1 atom stereocenters. The Morgan fingerprint density at radius 3 is 2.73 bits per heavy atom. The zero-order valence-corrected chi connectivity index (χ0v) is 8.59. The van der Waals surface area contributed by atoms with Crippen molar-refractivity contribution in [3.8, 4) is 0 Å². The van der Waals surface area contributed by atoms with Gasteiger partial charge in [-0.15, -0.1) is 0 Å². The van der Waals surface area contributed by atoms with E-state index in [0.29, 0.717) is 0 Å². The van der Waals surface area contributed by atoms with Crippen molar-refractivity contribution in [3.63, 3.8) is 0 Å². The van der Waals surface area contributed by atoms with E-state index in [1.807, 2.05) is 30.3 Å². The van der Waals surface area contributed by atoms with Gasteiger partial charge in [0.25, 0.3) is 0 Å². The first-order valence-electron chi connectivity index (χ1n) is 4.77. The molecule has 3 nitrogen and oxygen atoms in total. The van der Waals surface area contributed by atoms with Crippen LogP contribution in [0.5, 0.6) is 0 Å². The van der Waals surface area contributed by atoms with Gasteiger partial charge in [0.05, 0.1) is 6.61 Å². The van der Waals surface area contributed by atoms with Crippen molar-refractivity contribution in [2.45, 2.75) is 13.0 Å². The number of aliphatic hydroxyl groups is 1. The molecule has 0 aromatic heterocycles. The van der Waals surface area contributed by atoms with Crippen LogP contribution in [0.15, 0.2) is 36.4 Å². The van der Waals surface area contributed by atoms with Crippen molar-refractivity contribution in [1.82, 2.24) is 0 Å². The smallest absolute Gasteiger partial charge is 0.331 e. The van der Waals surface area contributed by atoms with Crippen molar-refractivity contribution < 1.29 is 14.6 Å². The van der Waals surface area contributed by atoms with Gasteiger partial charge in [-0.3, -0.25) is 0 Å². The summed E-state index contributed by atoms with van der Waals surface area (Å²) in [5.41, 5.74) is 0.936. The van der Waals surface area contributed by atoms with Crippen LogP contribution >= 0.6 is 0 Å². The summed E-state index contributed by atoms with van der Waals surface area (Å²) < 4.78 is 4.85. The number of benzene rings is 1. The fourth-order valence-corrected chi connectivity index (χ4v) is 1.00. The second kappa shape index (κ2) is 5.98. The molecule has 0 fully saturated rings. The summed E-state index contributed by atoms with van der Waals surface area (Å²) in [6.45, 7) is 1.47. The van der Waals surface area contributed by atoms with Crippen LogP contribution in [0.25, 0.3) is 6.08 Å². The number of hydrogen-bond donors (Lipinski definition) is 1. The summed E-state index contributed by atoms with van der Waals surface area (Å²) in [6.07, 6.45) is 2.56. The van der Waals surface area contributed by atoms with E-state index < -0.39 is 12.1 Å². The molecule has 0 aliphatic carbocycles. The van der Waals surface area contributed by atoms with Gasteiger partial charge in [0, 0.05) is 6.08 Å². The summed E-state index contributed by atoms with van der Waals surface area (Å²) >= 11 is 0. The first kappa shape index (κ1) is 11.5. The molecule has 0 saturated heterocycles. The van der Waals surface area contributed by atoms with E-state index in [1.165, 1.54) is 6.08 Å². The SMILES string of the molecule is CC(CO)OC(=O)/C=C/c1ccccc1. The predicted molar refractivity (Wildman–Crippen MR) is 58.1 cm³/mol. The quantitative estimate of drug-likeness (QED) is 0.601. The zero-order chi connectivity index (χ0) is 11.1. The van der Waals surface area contributed by atoms with Gasteiger partial charge in [-0.1, -0.05) is 30.3 Å². The highest BCUT2D eigenvalue weighted by molar-refractivity contribution is 5.87. The first-order chi connectivity index (χ1) is 7.22. The van der Waals surface area contributed by atoms with Crippen LogP contribution in [0.1, 0.15) is 12.5 Å². The van der Waals surface area contributed by atoms with Crippen molar-refractivity contribution in [3.05, 3.63) is 42.0 Å². The second-order valence-electron chi connectivity index (χ2n) is 3.17. The van der Waals surface area contributed by atoms with Gasteiger partial charge < -0.3 is 9.84 Å². The first-order valence-corrected chi connectivity index (χ1v) is 4.77. The van der Waals surface area contributed by atoms with Crippen molar-refractivity contribution in [2.75, 3.05) is 6.61 Å². The van der Waals surface area contributed by atoms with Crippen LogP contribution in [-0.4, -0.2) is 23.8 Å². The Morgan fingerprint density at radius 2 is 2.13 bits per heavy atom. The lowest BCUT2D eigenvalue weighted by Crippen LogP contribution is -2.16. The van der Waals surface area contributed by atoms with Gasteiger partial charge >= 0.3 is 5.97 Å². The minimum absolute atomic E-state index is 0.162. The van der Waals surface area contributed by atoms with Crippen LogP contribution in [0.4, 0.5) is 0 Å². The van der Waals surface area contributed by atoms with Gasteiger partial charge in [-0.2, -0.15) is 0 Å². The number of esters is 1. The Hall–Kier alpha value is -1.61. The molecule has 0 spiro atoms. The second-order valence-corrected chi connectivity index (χ2v) is 3.17. The van der Waals surface area contributed by atoms with Crippen LogP contribution in [0, 0.1) is 0 Å². The van der Waals surface area contributed by atoms with E-state index in [-0.39, 0.29) is 6.61 Å². The molecular formula is C12H14O3. The van der Waals surface area contributed by atoms with Gasteiger partial charge in [-0.25, -0.2) is 4.79 Å². The van der Waals surface area contributed by atoms with Crippen LogP contribution in [-0.2, 0) is 9.53 Å². The average Bonchev–Trinajstić information content (AvgIpc) is 2.27. The Balaban J connectivity index is 2.48. The lowest BCUT2D eigenvalue weighted by molar-refractivity contribution is -0.143. The topological polar surface area (TPSA) is 46.5 Å². The number of carbonyl (C=O) groups excluding carboxylic acids is 1. The molecule has 0 heterocycles. The molecule has 0 amide bonds. The highest BCUT2D eigenvalue weighted by Crippen LogP contribution is 2.01. The van der Waals surface area contributed by atoms with Gasteiger partial charge in [0.1, 0.15) is 6.10 Å². The third-order valence-electron chi connectivity index (χ3n) is 1.79. The van der Waals surface area contributed by atoms with Crippen molar-refractivity contribution in [1.29, 1.82) is 0 Å². The summed E-state index contributed by atoms with van der Waals surface area (Å²) in [5, 5.41) is 8.67. The summed E-state index contributed by atoms with van der Waals surface area (Å²) in [7, 11) is 0. The number of ether oxygens (including phenoxy) is 1. The number of aliphatic hydroxyl groups excluding tert-OH is 1. The Bertz CT molecular complexity index is 330. The minimum atomic E-state index is -0.460. The summed E-state index contributed by atoms with van der Waals surface area (Å²) in [5.74, 6) is -0.444. The Morgan fingerprint density at radius 1 is 1.47 bits per heavy atom. The molecule has 1 N–H and O–H groups in total. The van der Waals surface area contributed by atoms with Crippen molar-refractivity contribution >= 4 is 12.0 Å². The third kappa shape index (κ3) is 4.42. The molecule has 0 aliphatic rings. The van der Waals surface area contributed by atoms with E-state index in [0.717, 1.165) is 5.56 Å². The fourth-order valence-electron chi connectivity index (χ4n) is 1.00. The fraction of sp³-hybridized carbons (Fsp3) is 0.250. The zero-order valence-electron chi connectivity index (χ0n) is 8.59. The molecule has 1 unspecified atom stereocenters. The maximum atomic E-state index is 11.2. The summed E-state index contributed by atoms with van der Waals surface area (Å²) in [6, 6.07) is 9.46. The van der Waals surface area contributed by atoms with E-state index in [2.05, 4.69) is 0 Å². The summed E-state index contributed by atoms with van der Waals surface area (Å²) in [4.78, 5) is 11.2. The molecule has 0 radical (unpaired) electrons. The number of rotatable bonds is 4. The lowest BCUT2D eigenvalue weighted by atomic mass is 10.2. The molecule has 3 heteroatoms. The van der Waals surface area contributed by atoms with Gasteiger partial charge in [-0.05, 0) is 18.6 Å². The Kier molecular flexibility index (Phi) is 4.57. The highest BCUT2D eigenvalue weighted by atomic mass is 16.5. The predicted octanol–water partition coefficient (Wildman–Crippen LogP) is 1.62. The van der Waals surface area contributed by atoms with Crippen molar-refractivity contribution in [2.24, 2.45) is 0 Å². The molecular weight excluding hydrogens is 192 g/mol. The number of carbonyl (C=O) groups is 1. The monoisotopic (exact) mass is 206 g/mol. The molecule has 1 aromatic rings. The largest absolute Gasteiger partial charge is 0.457 e. The molecule has 0 bridgehead atoms. The van der Waals surface area contributed by atoms with Gasteiger partial charge in [0.15, 0.2) is 0 Å². The molecule has 15 heavy (non-hydrogen) atoms. The molecule has 1 aromatic carbocycles. The molecule has 80 valence electrons. The normalized spacial score (nSPS) is 12.7. The highest BCUT2D eigenvalue weighted by Gasteiger charge is 2.03.